The minimum absolute atomic E-state index is 0.00526. The number of hydrogen-bond donors (Lipinski definition) is 1. The fourth-order valence-electron chi connectivity index (χ4n) is 4.75. The average molecular weight is 429 g/mol. The van der Waals surface area contributed by atoms with Gasteiger partial charge in [0.1, 0.15) is 5.82 Å². The van der Waals surface area contributed by atoms with Crippen molar-refractivity contribution in [2.24, 2.45) is 5.92 Å². The molecule has 0 spiro atoms. The summed E-state index contributed by atoms with van der Waals surface area (Å²) in [5.41, 5.74) is 1.75. The number of rotatable bonds is 6. The Morgan fingerprint density at radius 1 is 1.33 bits per heavy atom. The molecule has 1 unspecified atom stereocenters. The van der Waals surface area contributed by atoms with Crippen LogP contribution >= 0.6 is 11.3 Å². The van der Waals surface area contributed by atoms with E-state index in [0.717, 1.165) is 68.8 Å². The Hall–Kier alpha value is -1.99. The van der Waals surface area contributed by atoms with Crippen molar-refractivity contribution in [2.75, 3.05) is 19.6 Å². The number of nitrogens with one attached hydrogen (secondary N) is 1. The van der Waals surface area contributed by atoms with Gasteiger partial charge < -0.3 is 9.88 Å². The summed E-state index contributed by atoms with van der Waals surface area (Å²) in [6, 6.07) is 4.21. The number of carbonyl (C=O) groups excluding carboxylic acids is 1. The van der Waals surface area contributed by atoms with Crippen LogP contribution < -0.4 is 5.56 Å². The fraction of sp³-hybridized carbons (Fsp3) is 0.609. The topological polar surface area (TPSA) is 69.3 Å². The van der Waals surface area contributed by atoms with Crippen LogP contribution in [-0.4, -0.2) is 45.3 Å². The lowest BCUT2D eigenvalue weighted by Crippen LogP contribution is -2.43. The van der Waals surface area contributed by atoms with Gasteiger partial charge in [0.05, 0.1) is 11.3 Å². The summed E-state index contributed by atoms with van der Waals surface area (Å²) in [7, 11) is 0. The second-order valence-electron chi connectivity index (χ2n) is 8.55. The summed E-state index contributed by atoms with van der Waals surface area (Å²) >= 11 is 1.76. The lowest BCUT2D eigenvalue weighted by atomic mass is 9.94. The molecule has 0 aliphatic carbocycles. The number of aromatic amines is 1. The molecule has 1 saturated heterocycles. The Kier molecular flexibility index (Phi) is 6.68. The van der Waals surface area contributed by atoms with Gasteiger partial charge in [-0.1, -0.05) is 19.9 Å². The third-order valence-electron chi connectivity index (χ3n) is 6.58. The lowest BCUT2D eigenvalue weighted by Gasteiger charge is -2.35. The van der Waals surface area contributed by atoms with Crippen molar-refractivity contribution in [2.45, 2.75) is 65.0 Å². The van der Waals surface area contributed by atoms with Crippen molar-refractivity contribution in [3.63, 3.8) is 0 Å². The zero-order valence-electron chi connectivity index (χ0n) is 18.0. The predicted octanol–water partition coefficient (Wildman–Crippen LogP) is 3.53. The number of H-pyrrole nitrogens is 1. The van der Waals surface area contributed by atoms with Gasteiger partial charge in [-0.15, -0.1) is 11.3 Å². The molecule has 0 saturated carbocycles. The quantitative estimate of drug-likeness (QED) is 0.764. The molecule has 2 aliphatic heterocycles. The number of amides is 1. The highest BCUT2D eigenvalue weighted by Gasteiger charge is 2.30. The summed E-state index contributed by atoms with van der Waals surface area (Å²) in [5, 5.41) is 2.09. The molecule has 1 amide bonds. The van der Waals surface area contributed by atoms with Gasteiger partial charge in [-0.05, 0) is 37.1 Å². The summed E-state index contributed by atoms with van der Waals surface area (Å²) in [4.78, 5) is 39.3. The molecule has 7 heteroatoms. The third kappa shape index (κ3) is 4.52. The highest BCUT2D eigenvalue weighted by molar-refractivity contribution is 7.09. The Bertz CT molecular complexity index is 920. The molecule has 1 atom stereocenters. The van der Waals surface area contributed by atoms with E-state index in [1.807, 2.05) is 4.90 Å². The molecule has 30 heavy (non-hydrogen) atoms. The first kappa shape index (κ1) is 21.2. The average Bonchev–Trinajstić information content (AvgIpc) is 3.28. The van der Waals surface area contributed by atoms with Crippen LogP contribution in [0.1, 0.15) is 67.4 Å². The van der Waals surface area contributed by atoms with Gasteiger partial charge in [-0.3, -0.25) is 14.5 Å². The summed E-state index contributed by atoms with van der Waals surface area (Å²) in [6.07, 6.45) is 4.50. The number of fused-ring (bicyclic) bond motifs is 1. The van der Waals surface area contributed by atoms with Crippen LogP contribution in [0.2, 0.25) is 0 Å². The molecule has 2 aliphatic rings. The first-order valence-electron chi connectivity index (χ1n) is 11.2. The number of thiophene rings is 1. The Morgan fingerprint density at radius 3 is 2.90 bits per heavy atom. The zero-order valence-corrected chi connectivity index (χ0v) is 18.8. The fourth-order valence-corrected chi connectivity index (χ4v) is 5.49. The van der Waals surface area contributed by atoms with Gasteiger partial charge in [-0.2, -0.15) is 0 Å². The minimum Gasteiger partial charge on any atom is -0.342 e. The van der Waals surface area contributed by atoms with E-state index >= 15 is 0 Å². The number of likely N-dealkylation sites (tertiary alicyclic amines) is 1. The molecular formula is C23H32N4O2S. The third-order valence-corrected chi connectivity index (χ3v) is 7.44. The molecule has 4 rings (SSSR count). The SMILES string of the molecule is CCC(CC)C(=O)N1CCCC(c2nc3c(c(=O)[nH]2)CN(Cc2cccs2)CC3)C1. The van der Waals surface area contributed by atoms with E-state index in [9.17, 15) is 9.59 Å². The van der Waals surface area contributed by atoms with Crippen LogP contribution in [0.15, 0.2) is 22.3 Å². The smallest absolute Gasteiger partial charge is 0.255 e. The molecule has 1 N–H and O–H groups in total. The van der Waals surface area contributed by atoms with Gasteiger partial charge in [0.15, 0.2) is 0 Å². The first-order chi connectivity index (χ1) is 14.6. The largest absolute Gasteiger partial charge is 0.342 e. The van der Waals surface area contributed by atoms with Crippen molar-refractivity contribution >= 4 is 17.2 Å². The van der Waals surface area contributed by atoms with Crippen LogP contribution in [-0.2, 0) is 24.3 Å². The normalized spacial score (nSPS) is 19.8. The highest BCUT2D eigenvalue weighted by atomic mass is 32.1. The van der Waals surface area contributed by atoms with Crippen LogP contribution in [0.25, 0.3) is 0 Å². The molecule has 0 radical (unpaired) electrons. The Labute approximate surface area is 182 Å². The zero-order chi connectivity index (χ0) is 21.1. The summed E-state index contributed by atoms with van der Waals surface area (Å²) in [6.45, 7) is 8.11. The Balaban J connectivity index is 1.48. The van der Waals surface area contributed by atoms with Gasteiger partial charge in [0, 0.05) is 55.9 Å². The molecule has 162 valence electrons. The summed E-state index contributed by atoms with van der Waals surface area (Å²) in [5.74, 6) is 1.26. The molecule has 0 bridgehead atoms. The minimum atomic E-state index is -0.00526. The molecular weight excluding hydrogens is 396 g/mol. The number of aromatic nitrogens is 2. The van der Waals surface area contributed by atoms with E-state index in [1.54, 1.807) is 11.3 Å². The van der Waals surface area contributed by atoms with Crippen molar-refractivity contribution in [1.82, 2.24) is 19.8 Å². The number of hydrogen-bond acceptors (Lipinski definition) is 5. The first-order valence-corrected chi connectivity index (χ1v) is 12.1. The van der Waals surface area contributed by atoms with E-state index in [-0.39, 0.29) is 23.3 Å². The van der Waals surface area contributed by atoms with E-state index in [2.05, 4.69) is 41.2 Å². The number of piperidine rings is 1. The maximum absolute atomic E-state index is 12.9. The van der Waals surface area contributed by atoms with Crippen LogP contribution in [0.5, 0.6) is 0 Å². The van der Waals surface area contributed by atoms with Gasteiger partial charge in [-0.25, -0.2) is 4.98 Å². The maximum Gasteiger partial charge on any atom is 0.255 e. The summed E-state index contributed by atoms with van der Waals surface area (Å²) < 4.78 is 0. The molecule has 1 fully saturated rings. The van der Waals surface area contributed by atoms with Gasteiger partial charge in [0.25, 0.3) is 5.56 Å². The van der Waals surface area contributed by atoms with E-state index < -0.39 is 0 Å². The molecule has 4 heterocycles. The lowest BCUT2D eigenvalue weighted by molar-refractivity contribution is -0.137. The van der Waals surface area contributed by atoms with Crippen molar-refractivity contribution in [3.8, 4) is 0 Å². The van der Waals surface area contributed by atoms with Gasteiger partial charge in [0.2, 0.25) is 5.91 Å². The molecule has 6 nitrogen and oxygen atoms in total. The van der Waals surface area contributed by atoms with Crippen molar-refractivity contribution in [1.29, 1.82) is 0 Å². The standard InChI is InChI=1S/C23H32N4O2S/c1-3-16(4-2)23(29)27-10-5-7-17(13-27)21-24-20-9-11-26(14-18-8-6-12-30-18)15-19(20)22(28)25-21/h6,8,12,16-17H,3-5,7,9-11,13-15H2,1-2H3,(H,24,25,28). The van der Waals surface area contributed by atoms with E-state index in [4.69, 9.17) is 4.98 Å². The number of nitrogens with zero attached hydrogens (tertiary/aromatic N) is 3. The van der Waals surface area contributed by atoms with Crippen LogP contribution in [0, 0.1) is 5.92 Å². The second-order valence-corrected chi connectivity index (χ2v) is 9.59. The van der Waals surface area contributed by atoms with E-state index in [1.165, 1.54) is 4.88 Å². The maximum atomic E-state index is 12.9. The predicted molar refractivity (Wildman–Crippen MR) is 120 cm³/mol. The molecule has 2 aromatic rings. The highest BCUT2D eigenvalue weighted by Crippen LogP contribution is 2.27. The molecule has 0 aromatic carbocycles. The monoisotopic (exact) mass is 428 g/mol. The van der Waals surface area contributed by atoms with Crippen LogP contribution in [0.3, 0.4) is 0 Å². The van der Waals surface area contributed by atoms with Gasteiger partial charge >= 0.3 is 0 Å². The molecule has 2 aromatic heterocycles. The van der Waals surface area contributed by atoms with Crippen molar-refractivity contribution in [3.05, 3.63) is 49.8 Å². The van der Waals surface area contributed by atoms with Crippen molar-refractivity contribution < 1.29 is 4.79 Å². The van der Waals surface area contributed by atoms with Crippen LogP contribution in [0.4, 0.5) is 0 Å². The second kappa shape index (κ2) is 9.43. The van der Waals surface area contributed by atoms with E-state index in [0.29, 0.717) is 13.1 Å². The number of carbonyl (C=O) groups is 1. The Morgan fingerprint density at radius 2 is 2.17 bits per heavy atom.